The molecule has 2 aromatic rings. The standard InChI is InChI=1S/C21H26FN5O4/c1-3-16(29)10-26-9-14-8-25(12-19(14)24-26)20-5-4-15(6-18(20)22)27-11-17(31-21(27)30)7-23-13(2)28/h4-6,9,16-17,29H,3,7-8,10-12H2,1-2H3,(H,23,28)/t16-,17+/m1/s1. The van der Waals surface area contributed by atoms with Gasteiger partial charge in [0.25, 0.3) is 0 Å². The number of rotatable bonds is 7. The van der Waals surface area contributed by atoms with Crippen LogP contribution in [0.3, 0.4) is 0 Å². The minimum Gasteiger partial charge on any atom is -0.442 e. The summed E-state index contributed by atoms with van der Waals surface area (Å²) in [6.07, 6.45) is 1.09. The number of carbonyl (C=O) groups is 2. The van der Waals surface area contributed by atoms with Crippen LogP contribution in [0.25, 0.3) is 0 Å². The third-order valence-electron chi connectivity index (χ3n) is 5.53. The molecule has 2 N–H and O–H groups in total. The van der Waals surface area contributed by atoms with Gasteiger partial charge in [0, 0.05) is 25.2 Å². The van der Waals surface area contributed by atoms with Crippen molar-refractivity contribution in [2.45, 2.75) is 52.1 Å². The largest absolute Gasteiger partial charge is 0.442 e. The van der Waals surface area contributed by atoms with Crippen molar-refractivity contribution >= 4 is 23.4 Å². The van der Waals surface area contributed by atoms with Crippen LogP contribution in [0.1, 0.15) is 31.5 Å². The number of ether oxygens (including phenoxy) is 1. The number of nitrogens with one attached hydrogen (secondary N) is 1. The van der Waals surface area contributed by atoms with Crippen molar-refractivity contribution in [3.63, 3.8) is 0 Å². The van der Waals surface area contributed by atoms with Crippen LogP contribution in [-0.4, -0.2) is 52.2 Å². The van der Waals surface area contributed by atoms with Crippen LogP contribution in [0.4, 0.5) is 20.6 Å². The lowest BCUT2D eigenvalue weighted by molar-refractivity contribution is -0.119. The van der Waals surface area contributed by atoms with Gasteiger partial charge < -0.3 is 20.1 Å². The van der Waals surface area contributed by atoms with Crippen LogP contribution in [0, 0.1) is 5.82 Å². The van der Waals surface area contributed by atoms with Crippen molar-refractivity contribution in [1.29, 1.82) is 0 Å². The predicted octanol–water partition coefficient (Wildman–Crippen LogP) is 1.77. The molecule has 10 heteroatoms. The molecule has 31 heavy (non-hydrogen) atoms. The lowest BCUT2D eigenvalue weighted by Gasteiger charge is -2.21. The van der Waals surface area contributed by atoms with Gasteiger partial charge in [-0.3, -0.25) is 14.4 Å². The van der Waals surface area contributed by atoms with Gasteiger partial charge in [-0.1, -0.05) is 6.92 Å². The van der Waals surface area contributed by atoms with Gasteiger partial charge in [0.15, 0.2) is 0 Å². The number of anilines is 2. The van der Waals surface area contributed by atoms with E-state index in [4.69, 9.17) is 4.74 Å². The molecule has 1 saturated heterocycles. The van der Waals surface area contributed by atoms with E-state index in [1.54, 1.807) is 16.8 Å². The van der Waals surface area contributed by atoms with Gasteiger partial charge in [-0.2, -0.15) is 5.10 Å². The SMILES string of the molecule is CC[C@@H](O)Cn1cc2c(n1)CN(c1ccc(N3C[C@H](CNC(C)=O)OC3=O)cc1F)C2. The Labute approximate surface area is 179 Å². The number of benzene rings is 1. The van der Waals surface area contributed by atoms with Crippen LogP contribution >= 0.6 is 0 Å². The number of hydrogen-bond donors (Lipinski definition) is 2. The molecule has 0 unspecified atom stereocenters. The highest BCUT2D eigenvalue weighted by Gasteiger charge is 2.33. The molecular weight excluding hydrogens is 405 g/mol. The first-order chi connectivity index (χ1) is 14.8. The minimum absolute atomic E-state index is 0.204. The number of nitrogens with zero attached hydrogens (tertiary/aromatic N) is 4. The lowest BCUT2D eigenvalue weighted by atomic mass is 10.2. The Kier molecular flexibility index (Phi) is 5.81. The Morgan fingerprint density at radius 2 is 2.23 bits per heavy atom. The Morgan fingerprint density at radius 3 is 2.90 bits per heavy atom. The fourth-order valence-corrected chi connectivity index (χ4v) is 3.84. The third kappa shape index (κ3) is 4.48. The number of aromatic nitrogens is 2. The van der Waals surface area contributed by atoms with Crippen molar-refractivity contribution in [3.8, 4) is 0 Å². The van der Waals surface area contributed by atoms with Gasteiger partial charge in [0.2, 0.25) is 5.91 Å². The summed E-state index contributed by atoms with van der Waals surface area (Å²) in [5.74, 6) is -0.639. The molecule has 1 fully saturated rings. The third-order valence-corrected chi connectivity index (χ3v) is 5.53. The minimum atomic E-state index is -0.563. The van der Waals surface area contributed by atoms with Crippen molar-refractivity contribution in [2.75, 3.05) is 22.9 Å². The van der Waals surface area contributed by atoms with Gasteiger partial charge in [-0.05, 0) is 24.6 Å². The first-order valence-electron chi connectivity index (χ1n) is 10.3. The smallest absolute Gasteiger partial charge is 0.414 e. The number of hydrogen-bond acceptors (Lipinski definition) is 6. The molecule has 1 aromatic heterocycles. The molecule has 0 aliphatic carbocycles. The molecule has 0 spiro atoms. The second-order valence-corrected chi connectivity index (χ2v) is 7.93. The Balaban J connectivity index is 1.42. The molecular formula is C21H26FN5O4. The average molecular weight is 431 g/mol. The summed E-state index contributed by atoms with van der Waals surface area (Å²) in [7, 11) is 0. The number of halogens is 1. The van der Waals surface area contributed by atoms with Crippen molar-refractivity contribution in [3.05, 3.63) is 41.5 Å². The fraction of sp³-hybridized carbons (Fsp3) is 0.476. The van der Waals surface area contributed by atoms with Crippen LogP contribution in [-0.2, 0) is 29.2 Å². The lowest BCUT2D eigenvalue weighted by Crippen LogP contribution is -2.33. The first kappa shape index (κ1) is 21.1. The molecule has 4 rings (SSSR count). The Bertz CT molecular complexity index is 971. The van der Waals surface area contributed by atoms with Gasteiger partial charge in [-0.25, -0.2) is 9.18 Å². The Hall–Kier alpha value is -3.14. The van der Waals surface area contributed by atoms with E-state index in [0.717, 1.165) is 11.3 Å². The summed E-state index contributed by atoms with van der Waals surface area (Å²) in [5, 5.41) is 16.9. The van der Waals surface area contributed by atoms with Crippen LogP contribution < -0.4 is 15.1 Å². The monoisotopic (exact) mass is 431 g/mol. The highest BCUT2D eigenvalue weighted by Crippen LogP contribution is 2.32. The van der Waals surface area contributed by atoms with Crippen LogP contribution in [0.15, 0.2) is 24.4 Å². The maximum Gasteiger partial charge on any atom is 0.414 e. The van der Waals surface area contributed by atoms with Crippen LogP contribution in [0.5, 0.6) is 0 Å². The summed E-state index contributed by atoms with van der Waals surface area (Å²) in [4.78, 5) is 26.5. The second kappa shape index (κ2) is 8.54. The van der Waals surface area contributed by atoms with Crippen molar-refractivity contribution in [2.24, 2.45) is 0 Å². The molecule has 2 amide bonds. The fourth-order valence-electron chi connectivity index (χ4n) is 3.84. The number of aliphatic hydroxyl groups excluding tert-OH is 1. The molecule has 9 nitrogen and oxygen atoms in total. The summed E-state index contributed by atoms with van der Waals surface area (Å²) in [6.45, 7) is 5.22. The molecule has 166 valence electrons. The average Bonchev–Trinajstić information content (AvgIpc) is 3.39. The van der Waals surface area contributed by atoms with Crippen molar-refractivity contribution < 1.29 is 23.8 Å². The predicted molar refractivity (Wildman–Crippen MR) is 111 cm³/mol. The van der Waals surface area contributed by atoms with Gasteiger partial charge in [0.05, 0.1) is 49.4 Å². The number of cyclic esters (lactones) is 1. The summed E-state index contributed by atoms with van der Waals surface area (Å²) >= 11 is 0. The number of amides is 2. The second-order valence-electron chi connectivity index (χ2n) is 7.93. The van der Waals surface area contributed by atoms with Crippen molar-refractivity contribution in [1.82, 2.24) is 15.1 Å². The van der Waals surface area contributed by atoms with E-state index in [1.807, 2.05) is 18.0 Å². The van der Waals surface area contributed by atoms with Gasteiger partial charge >= 0.3 is 6.09 Å². The summed E-state index contributed by atoms with van der Waals surface area (Å²) < 4.78 is 21.9. The molecule has 0 bridgehead atoms. The molecule has 2 atom stereocenters. The highest BCUT2D eigenvalue weighted by atomic mass is 19.1. The molecule has 3 heterocycles. The summed E-state index contributed by atoms with van der Waals surface area (Å²) in [6, 6.07) is 4.67. The van der Waals surface area contributed by atoms with E-state index in [-0.39, 0.29) is 19.0 Å². The molecule has 2 aliphatic rings. The van der Waals surface area contributed by atoms with E-state index in [0.29, 0.717) is 37.4 Å². The highest BCUT2D eigenvalue weighted by molar-refractivity contribution is 5.90. The maximum absolute atomic E-state index is 14.9. The van der Waals surface area contributed by atoms with E-state index < -0.39 is 24.1 Å². The normalized spacial score (nSPS) is 18.8. The van der Waals surface area contributed by atoms with Gasteiger partial charge in [0.1, 0.15) is 11.9 Å². The van der Waals surface area contributed by atoms with E-state index >= 15 is 0 Å². The topological polar surface area (TPSA) is 99.9 Å². The van der Waals surface area contributed by atoms with E-state index in [2.05, 4.69) is 10.4 Å². The summed E-state index contributed by atoms with van der Waals surface area (Å²) in [5.41, 5.74) is 2.72. The zero-order valence-electron chi connectivity index (χ0n) is 17.5. The van der Waals surface area contributed by atoms with E-state index in [9.17, 15) is 19.1 Å². The maximum atomic E-state index is 14.9. The zero-order valence-corrected chi connectivity index (χ0v) is 17.5. The number of carbonyl (C=O) groups excluding carboxylic acids is 2. The van der Waals surface area contributed by atoms with E-state index in [1.165, 1.54) is 17.9 Å². The van der Waals surface area contributed by atoms with Gasteiger partial charge in [-0.15, -0.1) is 0 Å². The molecule has 1 aromatic carbocycles. The molecule has 0 saturated carbocycles. The quantitative estimate of drug-likeness (QED) is 0.693. The van der Waals surface area contributed by atoms with Crippen LogP contribution in [0.2, 0.25) is 0 Å². The first-order valence-corrected chi connectivity index (χ1v) is 10.3. The number of fused-ring (bicyclic) bond motifs is 1. The molecule has 2 aliphatic heterocycles. The number of aliphatic hydroxyl groups is 1. The zero-order chi connectivity index (χ0) is 22.1. The molecule has 0 radical (unpaired) electrons. The Morgan fingerprint density at radius 1 is 1.42 bits per heavy atom.